The number of pyridine rings is 1. The number of benzene rings is 2. The van der Waals surface area contributed by atoms with Crippen LogP contribution in [-0.4, -0.2) is 39.8 Å². The van der Waals surface area contributed by atoms with E-state index in [1.165, 1.54) is 34.5 Å². The quantitative estimate of drug-likeness (QED) is 0.619. The Morgan fingerprint density at radius 1 is 1.03 bits per heavy atom. The fourth-order valence-electron chi connectivity index (χ4n) is 6.16. The summed E-state index contributed by atoms with van der Waals surface area (Å²) in [5.74, 6) is -0.499. The molecule has 168 valence electrons. The highest BCUT2D eigenvalue weighted by Crippen LogP contribution is 2.47. The van der Waals surface area contributed by atoms with Crippen LogP contribution in [-0.2, 0) is 10.3 Å². The Kier molecular flexibility index (Phi) is 4.73. The number of amides is 1. The van der Waals surface area contributed by atoms with E-state index >= 15 is 0 Å². The number of carbonyl (C=O) groups excluding carboxylic acids is 1. The number of aliphatic hydroxyl groups is 1. The molecule has 6 rings (SSSR count). The third-order valence-electron chi connectivity index (χ3n) is 7.59. The van der Waals surface area contributed by atoms with Gasteiger partial charge in [0.15, 0.2) is 0 Å². The monoisotopic (exact) mass is 444 g/mol. The number of ether oxygens (including phenoxy) is 1. The zero-order chi connectivity index (χ0) is 22.6. The van der Waals surface area contributed by atoms with Gasteiger partial charge in [0.1, 0.15) is 12.4 Å². The van der Waals surface area contributed by atoms with Crippen molar-refractivity contribution in [3.63, 3.8) is 0 Å². The Bertz CT molecular complexity index is 1170. The first-order valence-corrected chi connectivity index (χ1v) is 11.5. The van der Waals surface area contributed by atoms with Gasteiger partial charge in [0, 0.05) is 42.6 Å². The van der Waals surface area contributed by atoms with Crippen LogP contribution in [0.4, 0.5) is 9.18 Å². The maximum Gasteiger partial charge on any atom is 0.410 e. The highest BCUT2D eigenvalue weighted by molar-refractivity contribution is 5.79. The Morgan fingerprint density at radius 2 is 1.64 bits per heavy atom. The lowest BCUT2D eigenvalue weighted by Gasteiger charge is -2.43. The molecule has 5 nitrogen and oxygen atoms in total. The van der Waals surface area contributed by atoms with Crippen molar-refractivity contribution >= 4 is 6.09 Å². The molecular weight excluding hydrogens is 419 g/mol. The summed E-state index contributed by atoms with van der Waals surface area (Å²) in [5, 5.41) is 11.3. The van der Waals surface area contributed by atoms with E-state index in [0.29, 0.717) is 12.8 Å². The largest absolute Gasteiger partial charge is 0.448 e. The van der Waals surface area contributed by atoms with Gasteiger partial charge in [-0.25, -0.2) is 9.18 Å². The molecule has 2 saturated heterocycles. The number of rotatable bonds is 3. The minimum absolute atomic E-state index is 0.00615. The average Bonchev–Trinajstić information content (AvgIpc) is 3.30. The van der Waals surface area contributed by atoms with Crippen molar-refractivity contribution in [3.8, 4) is 11.1 Å². The summed E-state index contributed by atoms with van der Waals surface area (Å²) >= 11 is 0. The Hall–Kier alpha value is -3.25. The molecule has 3 heterocycles. The SMILES string of the molecule is O=C(OCC1c2ccccc2-c2ccccc21)N1C2CCC1CC(O)(c1ccncc1F)C2. The Morgan fingerprint density at radius 3 is 2.24 bits per heavy atom. The molecule has 0 spiro atoms. The number of fused-ring (bicyclic) bond motifs is 5. The van der Waals surface area contributed by atoms with Crippen LogP contribution in [0.25, 0.3) is 11.1 Å². The van der Waals surface area contributed by atoms with E-state index in [1.54, 1.807) is 4.90 Å². The zero-order valence-electron chi connectivity index (χ0n) is 18.2. The summed E-state index contributed by atoms with van der Waals surface area (Å²) < 4.78 is 20.2. The predicted molar refractivity (Wildman–Crippen MR) is 121 cm³/mol. The molecule has 2 bridgehead atoms. The molecular formula is C27H25FN2O3. The third kappa shape index (κ3) is 3.23. The van der Waals surface area contributed by atoms with E-state index < -0.39 is 11.4 Å². The number of hydrogen-bond acceptors (Lipinski definition) is 4. The van der Waals surface area contributed by atoms with Crippen LogP contribution in [0.2, 0.25) is 0 Å². The molecule has 1 N–H and O–H groups in total. The van der Waals surface area contributed by atoms with Crippen molar-refractivity contribution in [2.45, 2.75) is 49.3 Å². The second kappa shape index (κ2) is 7.66. The van der Waals surface area contributed by atoms with Crippen LogP contribution < -0.4 is 0 Å². The van der Waals surface area contributed by atoms with Gasteiger partial charge < -0.3 is 14.7 Å². The zero-order valence-corrected chi connectivity index (χ0v) is 18.2. The molecule has 3 aromatic rings. The normalized spacial score (nSPS) is 25.6. The highest BCUT2D eigenvalue weighted by atomic mass is 19.1. The van der Waals surface area contributed by atoms with Crippen molar-refractivity contribution < 1.29 is 19.0 Å². The number of nitrogens with zero attached hydrogens (tertiary/aromatic N) is 2. The number of carbonyl (C=O) groups is 1. The highest BCUT2D eigenvalue weighted by Gasteiger charge is 2.51. The predicted octanol–water partition coefficient (Wildman–Crippen LogP) is 4.98. The van der Waals surface area contributed by atoms with Gasteiger partial charge in [-0.15, -0.1) is 0 Å². The van der Waals surface area contributed by atoms with Crippen LogP contribution in [0.15, 0.2) is 67.0 Å². The molecule has 2 aromatic carbocycles. The van der Waals surface area contributed by atoms with E-state index in [9.17, 15) is 14.3 Å². The molecule has 0 saturated carbocycles. The summed E-state index contributed by atoms with van der Waals surface area (Å²) in [6.45, 7) is 0.270. The van der Waals surface area contributed by atoms with E-state index in [1.807, 2.05) is 24.3 Å². The fourth-order valence-corrected chi connectivity index (χ4v) is 6.16. The summed E-state index contributed by atoms with van der Waals surface area (Å²) in [7, 11) is 0. The number of piperidine rings is 1. The topological polar surface area (TPSA) is 62.7 Å². The van der Waals surface area contributed by atoms with Crippen LogP contribution in [0.5, 0.6) is 0 Å². The van der Waals surface area contributed by atoms with Gasteiger partial charge in [-0.05, 0) is 41.2 Å². The summed E-state index contributed by atoms with van der Waals surface area (Å²) in [6.07, 6.45) is 4.45. The molecule has 2 fully saturated rings. The molecule has 6 heteroatoms. The van der Waals surface area contributed by atoms with Gasteiger partial charge >= 0.3 is 6.09 Å². The maximum atomic E-state index is 14.4. The summed E-state index contributed by atoms with van der Waals surface area (Å²) in [6, 6.07) is 17.7. The van der Waals surface area contributed by atoms with E-state index in [-0.39, 0.29) is 36.3 Å². The van der Waals surface area contributed by atoms with Crippen molar-refractivity contribution in [3.05, 3.63) is 89.5 Å². The first-order valence-electron chi connectivity index (χ1n) is 11.5. The number of hydrogen-bond donors (Lipinski definition) is 1. The number of aromatic nitrogens is 1. The van der Waals surface area contributed by atoms with Gasteiger partial charge in [-0.3, -0.25) is 4.98 Å². The number of halogens is 1. The van der Waals surface area contributed by atoms with Gasteiger partial charge in [0.05, 0.1) is 11.8 Å². The van der Waals surface area contributed by atoms with E-state index in [4.69, 9.17) is 4.74 Å². The molecule has 33 heavy (non-hydrogen) atoms. The minimum Gasteiger partial charge on any atom is -0.448 e. The molecule has 2 aliphatic heterocycles. The third-order valence-corrected chi connectivity index (χ3v) is 7.59. The second-order valence-corrected chi connectivity index (χ2v) is 9.39. The molecule has 0 radical (unpaired) electrons. The second-order valence-electron chi connectivity index (χ2n) is 9.39. The summed E-state index contributed by atoms with van der Waals surface area (Å²) in [4.78, 5) is 18.8. The maximum absolute atomic E-state index is 14.4. The minimum atomic E-state index is -1.29. The smallest absolute Gasteiger partial charge is 0.410 e. The van der Waals surface area contributed by atoms with Crippen molar-refractivity contribution in [2.24, 2.45) is 0 Å². The Labute approximate surface area is 191 Å². The molecule has 2 unspecified atom stereocenters. The molecule has 2 atom stereocenters. The summed E-state index contributed by atoms with van der Waals surface area (Å²) in [5.41, 5.74) is 3.71. The van der Waals surface area contributed by atoms with Gasteiger partial charge in [0.25, 0.3) is 0 Å². The lowest BCUT2D eigenvalue weighted by Crippen LogP contribution is -2.52. The van der Waals surface area contributed by atoms with Crippen LogP contribution in [0.3, 0.4) is 0 Å². The molecule has 1 amide bonds. The molecule has 3 aliphatic rings. The van der Waals surface area contributed by atoms with E-state index in [2.05, 4.69) is 29.2 Å². The molecule has 1 aromatic heterocycles. The van der Waals surface area contributed by atoms with Crippen LogP contribution in [0.1, 0.15) is 48.3 Å². The van der Waals surface area contributed by atoms with Crippen LogP contribution in [0, 0.1) is 5.82 Å². The lowest BCUT2D eigenvalue weighted by atomic mass is 9.81. The van der Waals surface area contributed by atoms with Crippen LogP contribution >= 0.6 is 0 Å². The first-order chi connectivity index (χ1) is 16.0. The van der Waals surface area contributed by atoms with Crippen molar-refractivity contribution in [1.29, 1.82) is 0 Å². The van der Waals surface area contributed by atoms with Crippen molar-refractivity contribution in [1.82, 2.24) is 9.88 Å². The fraction of sp³-hybridized carbons (Fsp3) is 0.333. The standard InChI is InChI=1S/C27H25FN2O3/c28-25-15-29-12-11-24(25)27(32)13-17-9-10-18(14-27)30(17)26(31)33-16-23-21-7-3-1-5-19(21)20-6-2-4-8-22(20)23/h1-8,11-12,15,17-18,23,32H,9-10,13-14,16H2. The van der Waals surface area contributed by atoms with Crippen molar-refractivity contribution in [2.75, 3.05) is 6.61 Å². The van der Waals surface area contributed by atoms with Gasteiger partial charge in [-0.2, -0.15) is 0 Å². The molecule has 1 aliphatic carbocycles. The van der Waals surface area contributed by atoms with Gasteiger partial charge in [0.2, 0.25) is 0 Å². The Balaban J connectivity index is 1.19. The average molecular weight is 445 g/mol. The lowest BCUT2D eigenvalue weighted by molar-refractivity contribution is -0.0551. The van der Waals surface area contributed by atoms with Gasteiger partial charge in [-0.1, -0.05) is 48.5 Å². The van der Waals surface area contributed by atoms with E-state index in [0.717, 1.165) is 19.0 Å². The first kappa shape index (κ1) is 20.4.